The molecule has 7 rings (SSSR count). The summed E-state index contributed by atoms with van der Waals surface area (Å²) in [7, 11) is 0. The van der Waals surface area contributed by atoms with Crippen molar-refractivity contribution in [1.82, 2.24) is 10.6 Å². The van der Waals surface area contributed by atoms with Gasteiger partial charge >= 0.3 is 6.09 Å². The van der Waals surface area contributed by atoms with Crippen LogP contribution in [0.3, 0.4) is 0 Å². The van der Waals surface area contributed by atoms with E-state index in [0.717, 1.165) is 38.9 Å². The van der Waals surface area contributed by atoms with Gasteiger partial charge in [0.05, 0.1) is 6.61 Å². The number of alkyl carbamates (subject to hydrolysis) is 1. The van der Waals surface area contributed by atoms with Gasteiger partial charge in [0.2, 0.25) is 11.8 Å². The fourth-order valence-electron chi connectivity index (χ4n) is 7.30. The van der Waals surface area contributed by atoms with Crippen LogP contribution in [0, 0.1) is 0 Å². The fourth-order valence-corrected chi connectivity index (χ4v) is 7.30. The van der Waals surface area contributed by atoms with Gasteiger partial charge in [-0.3, -0.25) is 9.59 Å². The van der Waals surface area contributed by atoms with Crippen LogP contribution in [0.4, 0.5) is 10.5 Å². The Hall–Kier alpha value is -6.51. The number of carbonyl (C=O) groups excluding carboxylic acids is 3. The van der Waals surface area contributed by atoms with E-state index < -0.39 is 23.6 Å². The lowest BCUT2D eigenvalue weighted by atomic mass is 9.77. The molecule has 0 saturated heterocycles. The number of aliphatic hydroxyl groups excluding tert-OH is 1. The van der Waals surface area contributed by atoms with Crippen LogP contribution in [0.25, 0.3) is 11.1 Å². The van der Waals surface area contributed by atoms with E-state index in [1.165, 1.54) is 0 Å². The highest BCUT2D eigenvalue weighted by Crippen LogP contribution is 2.44. The number of hydrogen-bond donors (Lipinski definition) is 4. The molecule has 0 spiro atoms. The van der Waals surface area contributed by atoms with Gasteiger partial charge in [0, 0.05) is 18.0 Å². The maximum Gasteiger partial charge on any atom is 0.407 e. The van der Waals surface area contributed by atoms with Gasteiger partial charge in [-0.1, -0.05) is 152 Å². The van der Waals surface area contributed by atoms with Crippen LogP contribution in [-0.2, 0) is 26.5 Å². The molecule has 6 aromatic rings. The van der Waals surface area contributed by atoms with E-state index in [1.807, 2.05) is 127 Å². The van der Waals surface area contributed by atoms with Crippen molar-refractivity contribution in [2.45, 2.75) is 36.9 Å². The number of carbonyl (C=O) groups is 3. The van der Waals surface area contributed by atoms with E-state index >= 15 is 0 Å². The molecule has 1 atom stereocenters. The monoisotopic (exact) mass is 715 g/mol. The Bertz CT molecular complexity index is 2070. The van der Waals surface area contributed by atoms with Gasteiger partial charge < -0.3 is 25.8 Å². The molecule has 0 radical (unpaired) electrons. The zero-order chi connectivity index (χ0) is 37.3. The summed E-state index contributed by atoms with van der Waals surface area (Å²) in [5.41, 5.74) is 7.10. The summed E-state index contributed by atoms with van der Waals surface area (Å²) < 4.78 is 5.80. The number of rotatable bonds is 13. The number of amides is 3. The number of nitrogens with one attached hydrogen (secondary N) is 3. The average Bonchev–Trinajstić information content (AvgIpc) is 3.55. The Balaban J connectivity index is 1.11. The average molecular weight is 716 g/mol. The molecule has 1 aliphatic carbocycles. The van der Waals surface area contributed by atoms with Gasteiger partial charge in [0.15, 0.2) is 0 Å². The summed E-state index contributed by atoms with van der Waals surface area (Å²) in [5.74, 6) is -0.979. The standard InChI is InChI=1S/C46H41N3O5/c50-30-32-24-26-36(27-25-32)47-44(52)42(48-45(53)54-31-41-39-22-12-10-20-37(39)38-21-11-13-23-40(38)41)28-29-43(51)49-46(33-14-4-1-5-15-33,34-16-6-2-7-17-34)35-18-8-3-9-19-35/h1-27,41-42,50H,28-31H2,(H,47,52)(H,48,53)(H,49,51)/t42-/m0/s1. The molecule has 0 bridgehead atoms. The maximum absolute atomic E-state index is 14.1. The van der Waals surface area contributed by atoms with Crippen LogP contribution in [0.15, 0.2) is 164 Å². The van der Waals surface area contributed by atoms with E-state index in [4.69, 9.17) is 4.74 Å². The molecule has 0 fully saturated rings. The van der Waals surface area contributed by atoms with Crippen molar-refractivity contribution in [3.63, 3.8) is 0 Å². The highest BCUT2D eigenvalue weighted by Gasteiger charge is 2.38. The van der Waals surface area contributed by atoms with Crippen molar-refractivity contribution in [2.75, 3.05) is 11.9 Å². The lowest BCUT2D eigenvalue weighted by Crippen LogP contribution is -2.49. The van der Waals surface area contributed by atoms with Crippen molar-refractivity contribution in [2.24, 2.45) is 0 Å². The number of anilines is 1. The largest absolute Gasteiger partial charge is 0.449 e. The Morgan fingerprint density at radius 1 is 0.630 bits per heavy atom. The van der Waals surface area contributed by atoms with Gasteiger partial charge in [0.1, 0.15) is 18.2 Å². The van der Waals surface area contributed by atoms with Crippen molar-refractivity contribution in [3.05, 3.63) is 197 Å². The Labute approximate surface area is 314 Å². The number of fused-ring (bicyclic) bond motifs is 3. The van der Waals surface area contributed by atoms with Crippen molar-refractivity contribution in [1.29, 1.82) is 0 Å². The lowest BCUT2D eigenvalue weighted by molar-refractivity contribution is -0.123. The van der Waals surface area contributed by atoms with Crippen LogP contribution in [0.2, 0.25) is 0 Å². The lowest BCUT2D eigenvalue weighted by Gasteiger charge is -2.37. The van der Waals surface area contributed by atoms with E-state index in [-0.39, 0.29) is 37.9 Å². The minimum Gasteiger partial charge on any atom is -0.449 e. The molecule has 54 heavy (non-hydrogen) atoms. The molecule has 0 aromatic heterocycles. The molecule has 0 saturated carbocycles. The second kappa shape index (κ2) is 16.4. The van der Waals surface area contributed by atoms with E-state index in [2.05, 4.69) is 28.1 Å². The van der Waals surface area contributed by atoms with Crippen LogP contribution >= 0.6 is 0 Å². The molecular formula is C46H41N3O5. The molecule has 4 N–H and O–H groups in total. The highest BCUT2D eigenvalue weighted by atomic mass is 16.5. The SMILES string of the molecule is O=C(CC[C@H](NC(=O)OCC1c2ccccc2-c2ccccc21)C(=O)Nc1ccc(CO)cc1)NC(c1ccccc1)(c1ccccc1)c1ccccc1. The van der Waals surface area contributed by atoms with Crippen LogP contribution in [0.5, 0.6) is 0 Å². The molecule has 0 heterocycles. The third kappa shape index (κ3) is 7.65. The minimum absolute atomic E-state index is 0.00889. The van der Waals surface area contributed by atoms with E-state index in [9.17, 15) is 19.5 Å². The molecule has 0 unspecified atom stereocenters. The number of ether oxygens (including phenoxy) is 1. The third-order valence-corrected chi connectivity index (χ3v) is 9.96. The van der Waals surface area contributed by atoms with Crippen molar-refractivity contribution < 1.29 is 24.2 Å². The summed E-state index contributed by atoms with van der Waals surface area (Å²) in [6.07, 6.45) is -0.856. The fraction of sp³-hybridized carbons (Fsp3) is 0.152. The Morgan fingerprint density at radius 3 is 1.61 bits per heavy atom. The number of aliphatic hydroxyl groups is 1. The third-order valence-electron chi connectivity index (χ3n) is 9.96. The summed E-state index contributed by atoms with van der Waals surface area (Å²) in [5, 5.41) is 18.4. The number of benzene rings is 6. The quantitative estimate of drug-likeness (QED) is 0.0908. The second-order valence-electron chi connectivity index (χ2n) is 13.3. The topological polar surface area (TPSA) is 117 Å². The van der Waals surface area contributed by atoms with Gasteiger partial charge in [-0.2, -0.15) is 0 Å². The summed E-state index contributed by atoms with van der Waals surface area (Å²) >= 11 is 0. The maximum atomic E-state index is 14.1. The van der Waals surface area contributed by atoms with Crippen LogP contribution in [0.1, 0.15) is 52.1 Å². The van der Waals surface area contributed by atoms with Gasteiger partial charge in [-0.05, 0) is 63.1 Å². The molecular weight excluding hydrogens is 675 g/mol. The second-order valence-corrected chi connectivity index (χ2v) is 13.3. The summed E-state index contributed by atoms with van der Waals surface area (Å²) in [4.78, 5) is 41.4. The molecule has 8 heteroatoms. The molecule has 1 aliphatic rings. The minimum atomic E-state index is -1.11. The van der Waals surface area contributed by atoms with Gasteiger partial charge in [-0.25, -0.2) is 4.79 Å². The van der Waals surface area contributed by atoms with Crippen LogP contribution in [-0.4, -0.2) is 35.7 Å². The van der Waals surface area contributed by atoms with Crippen LogP contribution < -0.4 is 16.0 Å². The first kappa shape index (κ1) is 35.9. The first-order valence-corrected chi connectivity index (χ1v) is 18.1. The first-order chi connectivity index (χ1) is 26.5. The predicted octanol–water partition coefficient (Wildman–Crippen LogP) is 7.91. The normalized spacial score (nSPS) is 12.5. The predicted molar refractivity (Wildman–Crippen MR) is 210 cm³/mol. The van der Waals surface area contributed by atoms with E-state index in [1.54, 1.807) is 24.3 Å². The highest BCUT2D eigenvalue weighted by molar-refractivity contribution is 5.97. The zero-order valence-electron chi connectivity index (χ0n) is 29.7. The van der Waals surface area contributed by atoms with E-state index in [0.29, 0.717) is 11.3 Å². The van der Waals surface area contributed by atoms with Crippen molar-refractivity contribution in [3.8, 4) is 11.1 Å². The molecule has 270 valence electrons. The smallest absolute Gasteiger partial charge is 0.407 e. The van der Waals surface area contributed by atoms with Crippen molar-refractivity contribution >= 4 is 23.6 Å². The summed E-state index contributed by atoms with van der Waals surface area (Å²) in [6.45, 7) is -0.0587. The Kier molecular flexibility index (Phi) is 10.9. The number of hydrogen-bond acceptors (Lipinski definition) is 5. The summed E-state index contributed by atoms with van der Waals surface area (Å²) in [6, 6.07) is 51.1. The molecule has 3 amide bonds. The van der Waals surface area contributed by atoms with Gasteiger partial charge in [-0.15, -0.1) is 0 Å². The van der Waals surface area contributed by atoms with Gasteiger partial charge in [0.25, 0.3) is 0 Å². The zero-order valence-corrected chi connectivity index (χ0v) is 29.7. The Morgan fingerprint density at radius 2 is 1.11 bits per heavy atom. The molecule has 6 aromatic carbocycles. The molecule has 8 nitrogen and oxygen atoms in total. The first-order valence-electron chi connectivity index (χ1n) is 18.1. The molecule has 0 aliphatic heterocycles.